The second-order valence-corrected chi connectivity index (χ2v) is 8.46. The lowest BCUT2D eigenvalue weighted by Crippen LogP contribution is -2.31. The van der Waals surface area contributed by atoms with Crippen molar-refractivity contribution in [3.63, 3.8) is 0 Å². The van der Waals surface area contributed by atoms with Crippen molar-refractivity contribution in [2.75, 3.05) is 6.54 Å². The first-order chi connectivity index (χ1) is 13.9. The summed E-state index contributed by atoms with van der Waals surface area (Å²) in [6.07, 6.45) is 0.170. The summed E-state index contributed by atoms with van der Waals surface area (Å²) < 4.78 is 41.2. The molecule has 0 N–H and O–H groups in total. The maximum absolute atomic E-state index is 12.9. The van der Waals surface area contributed by atoms with Crippen molar-refractivity contribution in [1.82, 2.24) is 9.47 Å². The predicted molar refractivity (Wildman–Crippen MR) is 109 cm³/mol. The van der Waals surface area contributed by atoms with Gasteiger partial charge < -0.3 is 4.57 Å². The molecule has 5 heteroatoms. The van der Waals surface area contributed by atoms with Gasteiger partial charge in [0.2, 0.25) is 0 Å². The highest BCUT2D eigenvalue weighted by molar-refractivity contribution is 5.86. The van der Waals surface area contributed by atoms with Crippen LogP contribution in [0.5, 0.6) is 0 Å². The monoisotopic (exact) mass is 398 g/mol. The molecule has 3 aromatic rings. The summed E-state index contributed by atoms with van der Waals surface area (Å²) in [5.41, 5.74) is 5.93. The van der Waals surface area contributed by atoms with Crippen molar-refractivity contribution in [2.24, 2.45) is 0 Å². The Morgan fingerprint density at radius 3 is 2.55 bits per heavy atom. The number of aryl methyl sites for hydroxylation is 3. The van der Waals surface area contributed by atoms with E-state index in [0.29, 0.717) is 12.6 Å². The number of halogens is 3. The van der Waals surface area contributed by atoms with E-state index in [9.17, 15) is 13.2 Å². The van der Waals surface area contributed by atoms with Crippen LogP contribution in [0, 0.1) is 6.92 Å². The van der Waals surface area contributed by atoms with Crippen LogP contribution < -0.4 is 0 Å². The van der Waals surface area contributed by atoms with Crippen LogP contribution in [0.3, 0.4) is 0 Å². The fraction of sp³-hybridized carbons (Fsp3) is 0.417. The molecule has 2 nitrogen and oxygen atoms in total. The Kier molecular flexibility index (Phi) is 4.46. The molecule has 0 amide bonds. The van der Waals surface area contributed by atoms with Crippen LogP contribution in [-0.2, 0) is 25.7 Å². The number of benzene rings is 2. The zero-order valence-electron chi connectivity index (χ0n) is 16.6. The number of hydrogen-bond acceptors (Lipinski definition) is 1. The van der Waals surface area contributed by atoms with Crippen molar-refractivity contribution < 1.29 is 13.2 Å². The van der Waals surface area contributed by atoms with Gasteiger partial charge in [-0.25, -0.2) is 0 Å². The van der Waals surface area contributed by atoms with Gasteiger partial charge in [0, 0.05) is 36.2 Å². The standard InChI is InChI=1S/C24H25F3N2/c1-16-6-11-21-20(14-16)19-4-2-5-22-23(19)29(21)13-3-12-28(22)15-17-7-9-18(10-8-17)24(25,26)27/h6-11,14,22H,2-5,12-13,15H2,1H3/t22-/m1/s1. The number of rotatable bonds is 2. The van der Waals surface area contributed by atoms with Crippen LogP contribution in [0.2, 0.25) is 0 Å². The van der Waals surface area contributed by atoms with Gasteiger partial charge in [-0.05, 0) is 68.0 Å². The third-order valence-corrected chi connectivity index (χ3v) is 6.52. The Morgan fingerprint density at radius 2 is 1.79 bits per heavy atom. The highest BCUT2D eigenvalue weighted by atomic mass is 19.4. The zero-order chi connectivity index (χ0) is 20.2. The lowest BCUT2D eigenvalue weighted by atomic mass is 9.90. The molecule has 1 aliphatic carbocycles. The van der Waals surface area contributed by atoms with Crippen LogP contribution >= 0.6 is 0 Å². The third-order valence-electron chi connectivity index (χ3n) is 6.52. The molecular weight excluding hydrogens is 373 g/mol. The SMILES string of the molecule is Cc1ccc2c(c1)c1c3n2CCCN(Cc2ccc(C(F)(F)F)cc2)[C@@H]3CCC1. The first-order valence-electron chi connectivity index (χ1n) is 10.4. The first kappa shape index (κ1) is 18.7. The Bertz CT molecular complexity index is 1040. The number of aromatic nitrogens is 1. The molecule has 0 radical (unpaired) electrons. The van der Waals surface area contributed by atoms with E-state index >= 15 is 0 Å². The van der Waals surface area contributed by atoms with Gasteiger partial charge in [-0.2, -0.15) is 13.2 Å². The van der Waals surface area contributed by atoms with Gasteiger partial charge in [-0.3, -0.25) is 4.90 Å². The highest BCUT2D eigenvalue weighted by Gasteiger charge is 2.34. The van der Waals surface area contributed by atoms with Gasteiger partial charge in [-0.1, -0.05) is 23.8 Å². The molecule has 1 aliphatic heterocycles. The van der Waals surface area contributed by atoms with Gasteiger partial charge >= 0.3 is 6.18 Å². The van der Waals surface area contributed by atoms with E-state index in [1.807, 2.05) is 0 Å². The van der Waals surface area contributed by atoms with E-state index in [2.05, 4.69) is 34.6 Å². The number of alkyl halides is 3. The van der Waals surface area contributed by atoms with Gasteiger partial charge in [0.25, 0.3) is 0 Å². The molecule has 2 aliphatic rings. The molecule has 0 saturated heterocycles. The van der Waals surface area contributed by atoms with Crippen LogP contribution in [0.4, 0.5) is 13.2 Å². The Hall–Kier alpha value is -2.27. The summed E-state index contributed by atoms with van der Waals surface area (Å²) in [6.45, 7) is 4.82. The zero-order valence-corrected chi connectivity index (χ0v) is 16.6. The average molecular weight is 398 g/mol. The first-order valence-corrected chi connectivity index (χ1v) is 10.4. The van der Waals surface area contributed by atoms with E-state index in [1.54, 1.807) is 12.1 Å². The number of fused-ring (bicyclic) bond motifs is 3. The molecule has 1 aromatic heterocycles. The van der Waals surface area contributed by atoms with Crippen molar-refractivity contribution in [2.45, 2.75) is 57.9 Å². The molecule has 0 bridgehead atoms. The average Bonchev–Trinajstić information content (AvgIpc) is 2.88. The lowest BCUT2D eigenvalue weighted by molar-refractivity contribution is -0.137. The summed E-state index contributed by atoms with van der Waals surface area (Å²) in [4.78, 5) is 2.48. The molecule has 152 valence electrons. The summed E-state index contributed by atoms with van der Waals surface area (Å²) in [5.74, 6) is 0. The largest absolute Gasteiger partial charge is 0.416 e. The highest BCUT2D eigenvalue weighted by Crippen LogP contribution is 2.42. The number of nitrogens with zero attached hydrogens (tertiary/aromatic N) is 2. The molecule has 2 aromatic carbocycles. The normalized spacial score (nSPS) is 19.9. The summed E-state index contributed by atoms with van der Waals surface area (Å²) in [6, 6.07) is 12.8. The van der Waals surface area contributed by atoms with Crippen molar-refractivity contribution >= 4 is 10.9 Å². The molecule has 5 rings (SSSR count). The van der Waals surface area contributed by atoms with E-state index in [4.69, 9.17) is 0 Å². The Morgan fingerprint density at radius 1 is 1.00 bits per heavy atom. The molecule has 0 fully saturated rings. The summed E-state index contributed by atoms with van der Waals surface area (Å²) in [7, 11) is 0. The predicted octanol–water partition coefficient (Wildman–Crippen LogP) is 6.25. The molecule has 0 saturated carbocycles. The molecular formula is C24H25F3N2. The van der Waals surface area contributed by atoms with Gasteiger partial charge in [0.15, 0.2) is 0 Å². The minimum absolute atomic E-state index is 0.344. The maximum atomic E-state index is 12.9. The molecule has 1 atom stereocenters. The minimum Gasteiger partial charge on any atom is -0.343 e. The lowest BCUT2D eigenvalue weighted by Gasteiger charge is -2.33. The van der Waals surface area contributed by atoms with Crippen molar-refractivity contribution in [1.29, 1.82) is 0 Å². The van der Waals surface area contributed by atoms with Gasteiger partial charge in [0.05, 0.1) is 11.6 Å². The van der Waals surface area contributed by atoms with Crippen molar-refractivity contribution in [3.05, 3.63) is 70.4 Å². The quantitative estimate of drug-likeness (QED) is 0.495. The molecule has 0 unspecified atom stereocenters. The van der Waals surface area contributed by atoms with Crippen LogP contribution in [0.15, 0.2) is 42.5 Å². The second-order valence-electron chi connectivity index (χ2n) is 8.46. The molecule has 29 heavy (non-hydrogen) atoms. The second kappa shape index (κ2) is 6.91. The molecule has 2 heterocycles. The third kappa shape index (κ3) is 3.25. The van der Waals surface area contributed by atoms with Gasteiger partial charge in [-0.15, -0.1) is 0 Å². The van der Waals surface area contributed by atoms with Crippen molar-refractivity contribution in [3.8, 4) is 0 Å². The van der Waals surface area contributed by atoms with Crippen LogP contribution in [-0.4, -0.2) is 16.0 Å². The van der Waals surface area contributed by atoms with Crippen LogP contribution in [0.25, 0.3) is 10.9 Å². The van der Waals surface area contributed by atoms with Gasteiger partial charge in [0.1, 0.15) is 0 Å². The fourth-order valence-corrected chi connectivity index (χ4v) is 5.22. The Labute approximate surface area is 168 Å². The maximum Gasteiger partial charge on any atom is 0.416 e. The molecule has 0 spiro atoms. The van der Waals surface area contributed by atoms with Crippen LogP contribution in [0.1, 0.15) is 53.3 Å². The smallest absolute Gasteiger partial charge is 0.343 e. The Balaban J connectivity index is 1.50. The van der Waals surface area contributed by atoms with E-state index in [1.165, 1.54) is 39.9 Å². The minimum atomic E-state index is -4.28. The fourth-order valence-electron chi connectivity index (χ4n) is 5.22. The topological polar surface area (TPSA) is 8.17 Å². The van der Waals surface area contributed by atoms with E-state index < -0.39 is 11.7 Å². The number of hydrogen-bond donors (Lipinski definition) is 0. The van der Waals surface area contributed by atoms with E-state index in [-0.39, 0.29) is 0 Å². The summed E-state index contributed by atoms with van der Waals surface area (Å²) in [5, 5.41) is 1.39. The van der Waals surface area contributed by atoms with E-state index in [0.717, 1.165) is 44.3 Å². The summed E-state index contributed by atoms with van der Waals surface area (Å²) >= 11 is 0.